The van der Waals surface area contributed by atoms with Crippen molar-refractivity contribution in [3.63, 3.8) is 0 Å². The van der Waals surface area contributed by atoms with Crippen molar-refractivity contribution >= 4 is 16.8 Å². The topological polar surface area (TPSA) is 86.1 Å². The Bertz CT molecular complexity index is 791. The molecule has 26 heavy (non-hydrogen) atoms. The highest BCUT2D eigenvalue weighted by molar-refractivity contribution is 5.97. The number of aliphatic hydroxyl groups excluding tert-OH is 2. The standard InChI is InChI=1S/C19H23N3O4/c23-17-12-26-11-16(18(17)24)21-5-7-22(8-6-21)19(25)14-9-13-3-1-2-4-15(13)20-10-14/h1-4,9-10,16-18,23-24H,5-8,11-12H2/t16-,17-,18+/m1/s1. The van der Waals surface area contributed by atoms with Gasteiger partial charge < -0.3 is 19.8 Å². The molecule has 0 aliphatic carbocycles. The summed E-state index contributed by atoms with van der Waals surface area (Å²) >= 11 is 0. The lowest BCUT2D eigenvalue weighted by Crippen LogP contribution is -2.60. The fourth-order valence-corrected chi connectivity index (χ4v) is 3.71. The number of piperazine rings is 1. The van der Waals surface area contributed by atoms with E-state index in [9.17, 15) is 15.0 Å². The maximum Gasteiger partial charge on any atom is 0.255 e. The molecular formula is C19H23N3O4. The van der Waals surface area contributed by atoms with Crippen LogP contribution in [-0.2, 0) is 4.74 Å². The summed E-state index contributed by atoms with van der Waals surface area (Å²) in [5, 5.41) is 20.9. The van der Waals surface area contributed by atoms with Crippen LogP contribution in [-0.4, -0.2) is 88.5 Å². The van der Waals surface area contributed by atoms with Crippen molar-refractivity contribution in [3.05, 3.63) is 42.1 Å². The van der Waals surface area contributed by atoms with Crippen LogP contribution in [0.2, 0.25) is 0 Å². The first kappa shape index (κ1) is 17.4. The average molecular weight is 357 g/mol. The Labute approximate surface area is 151 Å². The van der Waals surface area contributed by atoms with Crippen LogP contribution in [0.4, 0.5) is 0 Å². The molecule has 2 aromatic rings. The molecule has 1 amide bonds. The number of benzene rings is 1. The maximum atomic E-state index is 12.8. The van der Waals surface area contributed by atoms with Crippen molar-refractivity contribution in [2.75, 3.05) is 39.4 Å². The molecule has 0 bridgehead atoms. The Morgan fingerprint density at radius 2 is 1.88 bits per heavy atom. The molecule has 2 saturated heterocycles. The molecular weight excluding hydrogens is 334 g/mol. The van der Waals surface area contributed by atoms with E-state index in [2.05, 4.69) is 9.88 Å². The van der Waals surface area contributed by atoms with E-state index >= 15 is 0 Å². The van der Waals surface area contributed by atoms with E-state index in [0.717, 1.165) is 10.9 Å². The van der Waals surface area contributed by atoms with Crippen LogP contribution in [0.15, 0.2) is 36.5 Å². The van der Waals surface area contributed by atoms with Crippen LogP contribution in [0.3, 0.4) is 0 Å². The van der Waals surface area contributed by atoms with Gasteiger partial charge in [-0.2, -0.15) is 0 Å². The number of nitrogens with zero attached hydrogens (tertiary/aromatic N) is 3. The molecule has 138 valence electrons. The number of fused-ring (bicyclic) bond motifs is 1. The quantitative estimate of drug-likeness (QED) is 0.794. The summed E-state index contributed by atoms with van der Waals surface area (Å²) in [6.45, 7) is 3.01. The summed E-state index contributed by atoms with van der Waals surface area (Å²) in [5.74, 6) is -0.0246. The zero-order chi connectivity index (χ0) is 18.1. The van der Waals surface area contributed by atoms with Gasteiger partial charge in [0.1, 0.15) is 6.10 Å². The lowest BCUT2D eigenvalue weighted by atomic mass is 10.0. The molecule has 2 N–H and O–H groups in total. The first-order valence-electron chi connectivity index (χ1n) is 8.95. The van der Waals surface area contributed by atoms with Gasteiger partial charge in [-0.1, -0.05) is 18.2 Å². The van der Waals surface area contributed by atoms with Gasteiger partial charge in [0.05, 0.1) is 36.4 Å². The van der Waals surface area contributed by atoms with Crippen LogP contribution in [0.25, 0.3) is 10.9 Å². The minimum Gasteiger partial charge on any atom is -0.389 e. The molecule has 2 aliphatic heterocycles. The van der Waals surface area contributed by atoms with E-state index in [0.29, 0.717) is 38.3 Å². The second-order valence-electron chi connectivity index (χ2n) is 6.91. The van der Waals surface area contributed by atoms with Crippen molar-refractivity contribution in [2.24, 2.45) is 0 Å². The van der Waals surface area contributed by atoms with Crippen LogP contribution >= 0.6 is 0 Å². The first-order valence-corrected chi connectivity index (χ1v) is 8.95. The van der Waals surface area contributed by atoms with Crippen LogP contribution in [0.1, 0.15) is 10.4 Å². The number of para-hydroxylation sites is 1. The molecule has 0 spiro atoms. The summed E-state index contributed by atoms with van der Waals surface area (Å²) in [5.41, 5.74) is 1.47. The molecule has 1 aromatic carbocycles. The van der Waals surface area contributed by atoms with E-state index in [-0.39, 0.29) is 18.6 Å². The Balaban J connectivity index is 1.41. The molecule has 0 unspecified atom stereocenters. The predicted octanol–water partition coefficient (Wildman–Crippen LogP) is 0.113. The van der Waals surface area contributed by atoms with Gasteiger partial charge in [0.15, 0.2) is 0 Å². The van der Waals surface area contributed by atoms with Gasteiger partial charge in [-0.15, -0.1) is 0 Å². The molecule has 7 nitrogen and oxygen atoms in total. The predicted molar refractivity (Wildman–Crippen MR) is 95.8 cm³/mol. The number of pyridine rings is 1. The van der Waals surface area contributed by atoms with Gasteiger partial charge in [-0.05, 0) is 12.1 Å². The smallest absolute Gasteiger partial charge is 0.255 e. The third-order valence-electron chi connectivity index (χ3n) is 5.27. The van der Waals surface area contributed by atoms with Gasteiger partial charge in [-0.3, -0.25) is 14.7 Å². The molecule has 1 aromatic heterocycles. The number of hydrogen-bond donors (Lipinski definition) is 2. The molecule has 0 saturated carbocycles. The van der Waals surface area contributed by atoms with Crippen LogP contribution in [0, 0.1) is 0 Å². The molecule has 2 fully saturated rings. The third-order valence-corrected chi connectivity index (χ3v) is 5.27. The number of aliphatic hydroxyl groups is 2. The molecule has 3 atom stereocenters. The minimum absolute atomic E-state index is 0.0246. The first-order chi connectivity index (χ1) is 12.6. The zero-order valence-electron chi connectivity index (χ0n) is 14.5. The minimum atomic E-state index is -0.850. The summed E-state index contributed by atoms with van der Waals surface area (Å²) in [7, 11) is 0. The number of carbonyl (C=O) groups excluding carboxylic acids is 1. The summed E-state index contributed by atoms with van der Waals surface area (Å²) in [6, 6.07) is 9.39. The fourth-order valence-electron chi connectivity index (χ4n) is 3.71. The molecule has 0 radical (unpaired) electrons. The Morgan fingerprint density at radius 3 is 2.69 bits per heavy atom. The SMILES string of the molecule is O=C(c1cnc2ccccc2c1)N1CCN([C@@H]2COC[C@@H](O)[C@H]2O)CC1. The van der Waals surface area contributed by atoms with E-state index in [4.69, 9.17) is 4.74 Å². The Kier molecular flexibility index (Phi) is 4.86. The second kappa shape index (κ2) is 7.28. The highest BCUT2D eigenvalue weighted by Crippen LogP contribution is 2.19. The van der Waals surface area contributed by atoms with Gasteiger partial charge in [0.2, 0.25) is 0 Å². The highest BCUT2D eigenvalue weighted by Gasteiger charge is 2.37. The number of ether oxygens (including phenoxy) is 1. The van der Waals surface area contributed by atoms with Crippen molar-refractivity contribution in [2.45, 2.75) is 18.2 Å². The molecule has 3 heterocycles. The number of rotatable bonds is 2. The third kappa shape index (κ3) is 3.31. The lowest BCUT2D eigenvalue weighted by molar-refractivity contribution is -0.136. The number of hydrogen-bond acceptors (Lipinski definition) is 6. The largest absolute Gasteiger partial charge is 0.389 e. The summed E-state index contributed by atoms with van der Waals surface area (Å²) in [4.78, 5) is 21.1. The summed E-state index contributed by atoms with van der Waals surface area (Å²) < 4.78 is 5.36. The van der Waals surface area contributed by atoms with Gasteiger partial charge in [0.25, 0.3) is 5.91 Å². The number of amides is 1. The van der Waals surface area contributed by atoms with Crippen molar-refractivity contribution in [3.8, 4) is 0 Å². The van der Waals surface area contributed by atoms with Crippen molar-refractivity contribution < 1.29 is 19.7 Å². The van der Waals surface area contributed by atoms with Crippen LogP contribution < -0.4 is 0 Å². The lowest BCUT2D eigenvalue weighted by Gasteiger charge is -2.43. The number of carbonyl (C=O) groups is 1. The Hall–Kier alpha value is -2.06. The van der Waals surface area contributed by atoms with E-state index in [1.807, 2.05) is 35.2 Å². The zero-order valence-corrected chi connectivity index (χ0v) is 14.5. The average Bonchev–Trinajstić information content (AvgIpc) is 2.69. The van der Waals surface area contributed by atoms with Gasteiger partial charge in [-0.25, -0.2) is 0 Å². The monoisotopic (exact) mass is 357 g/mol. The summed E-state index contributed by atoms with van der Waals surface area (Å²) in [6.07, 6.45) is -0.0284. The van der Waals surface area contributed by atoms with Crippen molar-refractivity contribution in [1.29, 1.82) is 0 Å². The van der Waals surface area contributed by atoms with Crippen molar-refractivity contribution in [1.82, 2.24) is 14.8 Å². The fraction of sp³-hybridized carbons (Fsp3) is 0.474. The highest BCUT2D eigenvalue weighted by atomic mass is 16.5. The van der Waals surface area contributed by atoms with Gasteiger partial charge in [0, 0.05) is 37.8 Å². The van der Waals surface area contributed by atoms with Crippen LogP contribution in [0.5, 0.6) is 0 Å². The second-order valence-corrected chi connectivity index (χ2v) is 6.91. The molecule has 4 rings (SSSR count). The van der Waals surface area contributed by atoms with E-state index in [1.165, 1.54) is 0 Å². The number of aromatic nitrogens is 1. The van der Waals surface area contributed by atoms with E-state index in [1.54, 1.807) is 6.20 Å². The molecule has 7 heteroatoms. The normalized spacial score (nSPS) is 27.6. The molecule has 2 aliphatic rings. The maximum absolute atomic E-state index is 12.8. The van der Waals surface area contributed by atoms with E-state index < -0.39 is 12.2 Å². The van der Waals surface area contributed by atoms with Gasteiger partial charge >= 0.3 is 0 Å². The Morgan fingerprint density at radius 1 is 1.12 bits per heavy atom.